The summed E-state index contributed by atoms with van der Waals surface area (Å²) in [5, 5.41) is 11.2. The third kappa shape index (κ3) is 6.13. The molecule has 0 aromatic carbocycles. The van der Waals surface area contributed by atoms with Crippen LogP contribution in [0.15, 0.2) is 0 Å². The minimum Gasteiger partial charge on any atom is -0.481 e. The lowest BCUT2D eigenvalue weighted by Crippen LogP contribution is -2.35. The Balaban J connectivity index is 3.93. The fraction of sp³-hybridized carbons (Fsp3) is 0.778. The van der Waals surface area contributed by atoms with Crippen molar-refractivity contribution in [3.8, 4) is 0 Å². The molecule has 0 aliphatic rings. The van der Waals surface area contributed by atoms with Crippen molar-refractivity contribution < 1.29 is 14.7 Å². The molecule has 0 heterocycles. The summed E-state index contributed by atoms with van der Waals surface area (Å²) in [6.45, 7) is 3.71. The van der Waals surface area contributed by atoms with E-state index in [4.69, 9.17) is 5.11 Å². The zero-order chi connectivity index (χ0) is 10.3. The highest BCUT2D eigenvalue weighted by atomic mass is 16.4. The van der Waals surface area contributed by atoms with E-state index in [9.17, 15) is 9.59 Å². The van der Waals surface area contributed by atoms with Crippen molar-refractivity contribution in [2.75, 3.05) is 0 Å². The highest BCUT2D eigenvalue weighted by molar-refractivity contribution is 5.77. The summed E-state index contributed by atoms with van der Waals surface area (Å²) in [4.78, 5) is 21.4. The van der Waals surface area contributed by atoms with E-state index >= 15 is 0 Å². The number of carboxylic acids is 1. The Morgan fingerprint density at radius 1 is 1.38 bits per heavy atom. The highest BCUT2D eigenvalue weighted by Gasteiger charge is 2.13. The monoisotopic (exact) mass is 187 g/mol. The van der Waals surface area contributed by atoms with Gasteiger partial charge in [-0.3, -0.25) is 9.59 Å². The molecule has 4 heteroatoms. The molecule has 0 aliphatic heterocycles. The molecule has 0 aromatic rings. The van der Waals surface area contributed by atoms with Crippen molar-refractivity contribution >= 4 is 11.9 Å². The van der Waals surface area contributed by atoms with Gasteiger partial charge in [0, 0.05) is 12.5 Å². The van der Waals surface area contributed by atoms with E-state index in [-0.39, 0.29) is 18.4 Å². The predicted molar refractivity (Wildman–Crippen MR) is 49.4 cm³/mol. The van der Waals surface area contributed by atoms with Gasteiger partial charge in [-0.1, -0.05) is 20.3 Å². The molecule has 0 aromatic heterocycles. The van der Waals surface area contributed by atoms with E-state index in [2.05, 4.69) is 5.32 Å². The van der Waals surface area contributed by atoms with Crippen molar-refractivity contribution in [1.29, 1.82) is 0 Å². The fourth-order valence-corrected chi connectivity index (χ4v) is 1.11. The van der Waals surface area contributed by atoms with Gasteiger partial charge in [-0.15, -0.1) is 0 Å². The Morgan fingerprint density at radius 2 is 2.00 bits per heavy atom. The van der Waals surface area contributed by atoms with Crippen LogP contribution in [0.25, 0.3) is 0 Å². The number of carboxylic acid groups (broad SMARTS) is 1. The average molecular weight is 187 g/mol. The third-order valence-corrected chi connectivity index (χ3v) is 1.74. The second-order valence-electron chi connectivity index (χ2n) is 3.00. The molecule has 1 unspecified atom stereocenters. The molecule has 13 heavy (non-hydrogen) atoms. The van der Waals surface area contributed by atoms with Crippen LogP contribution >= 0.6 is 0 Å². The van der Waals surface area contributed by atoms with Crippen LogP contribution in [-0.2, 0) is 9.59 Å². The van der Waals surface area contributed by atoms with Crippen LogP contribution in [0.2, 0.25) is 0 Å². The molecule has 0 radical (unpaired) electrons. The largest absolute Gasteiger partial charge is 0.481 e. The first-order valence-electron chi connectivity index (χ1n) is 4.61. The first kappa shape index (κ1) is 11.9. The number of carbonyl (C=O) groups is 2. The number of hydrogen-bond acceptors (Lipinski definition) is 2. The van der Waals surface area contributed by atoms with E-state index in [1.54, 1.807) is 6.92 Å². The lowest BCUT2D eigenvalue weighted by molar-refractivity contribution is -0.137. The predicted octanol–water partition coefficient (Wildman–Crippen LogP) is 1.16. The van der Waals surface area contributed by atoms with Crippen LogP contribution in [0.1, 0.15) is 39.5 Å². The van der Waals surface area contributed by atoms with Crippen molar-refractivity contribution in [1.82, 2.24) is 5.32 Å². The maximum Gasteiger partial charge on any atom is 0.305 e. The van der Waals surface area contributed by atoms with Crippen molar-refractivity contribution in [3.05, 3.63) is 0 Å². The molecule has 1 atom stereocenters. The smallest absolute Gasteiger partial charge is 0.305 e. The summed E-state index contributed by atoms with van der Waals surface area (Å²) in [6, 6.07) is -0.213. The van der Waals surface area contributed by atoms with Gasteiger partial charge in [0.2, 0.25) is 5.91 Å². The Hall–Kier alpha value is -1.06. The lowest BCUT2D eigenvalue weighted by atomic mass is 10.1. The van der Waals surface area contributed by atoms with Gasteiger partial charge < -0.3 is 10.4 Å². The molecule has 0 saturated carbocycles. The van der Waals surface area contributed by atoms with E-state index in [0.29, 0.717) is 6.42 Å². The first-order chi connectivity index (χ1) is 6.10. The first-order valence-corrected chi connectivity index (χ1v) is 4.61. The molecule has 0 aliphatic carbocycles. The van der Waals surface area contributed by atoms with E-state index in [0.717, 1.165) is 12.8 Å². The van der Waals surface area contributed by atoms with Gasteiger partial charge in [-0.25, -0.2) is 0 Å². The number of amides is 1. The quantitative estimate of drug-likeness (QED) is 0.655. The Kier molecular flexibility index (Phi) is 5.93. The van der Waals surface area contributed by atoms with Crippen molar-refractivity contribution in [3.63, 3.8) is 0 Å². The van der Waals surface area contributed by atoms with E-state index < -0.39 is 5.97 Å². The summed E-state index contributed by atoms with van der Waals surface area (Å²) >= 11 is 0. The number of hydrogen-bond donors (Lipinski definition) is 2. The Morgan fingerprint density at radius 3 is 2.38 bits per heavy atom. The molecule has 0 fully saturated rings. The molecule has 0 spiro atoms. The van der Waals surface area contributed by atoms with Crippen LogP contribution in [-0.4, -0.2) is 23.0 Å². The molecule has 2 N–H and O–H groups in total. The highest BCUT2D eigenvalue weighted by Crippen LogP contribution is 2.02. The molecule has 0 saturated heterocycles. The molecule has 1 amide bonds. The Labute approximate surface area is 78.3 Å². The van der Waals surface area contributed by atoms with Crippen LogP contribution in [0, 0.1) is 0 Å². The summed E-state index contributed by atoms with van der Waals surface area (Å²) < 4.78 is 0. The molecule has 0 rings (SSSR count). The Bertz CT molecular complexity index is 180. The maximum atomic E-state index is 11.0. The molecule has 0 bridgehead atoms. The normalized spacial score (nSPS) is 12.2. The van der Waals surface area contributed by atoms with E-state index in [1.807, 2.05) is 6.92 Å². The molecular weight excluding hydrogens is 170 g/mol. The van der Waals surface area contributed by atoms with Crippen molar-refractivity contribution in [2.45, 2.75) is 45.6 Å². The molecule has 4 nitrogen and oxygen atoms in total. The lowest BCUT2D eigenvalue weighted by Gasteiger charge is -2.15. The van der Waals surface area contributed by atoms with Gasteiger partial charge in [0.05, 0.1) is 6.42 Å². The minimum absolute atomic E-state index is 0.0135. The SMILES string of the molecule is CCCC(CC(=O)O)NC(=O)CC. The van der Waals surface area contributed by atoms with Crippen LogP contribution in [0.5, 0.6) is 0 Å². The van der Waals surface area contributed by atoms with Crippen LogP contribution in [0.4, 0.5) is 0 Å². The van der Waals surface area contributed by atoms with E-state index in [1.165, 1.54) is 0 Å². The second kappa shape index (κ2) is 6.46. The van der Waals surface area contributed by atoms with Crippen molar-refractivity contribution in [2.24, 2.45) is 0 Å². The van der Waals surface area contributed by atoms with Gasteiger partial charge >= 0.3 is 5.97 Å². The fourth-order valence-electron chi connectivity index (χ4n) is 1.11. The summed E-state index contributed by atoms with van der Waals surface area (Å²) in [6.07, 6.45) is 2.01. The maximum absolute atomic E-state index is 11.0. The number of nitrogens with one attached hydrogen (secondary N) is 1. The van der Waals surface area contributed by atoms with Gasteiger partial charge in [-0.2, -0.15) is 0 Å². The number of rotatable bonds is 6. The van der Waals surface area contributed by atoms with Crippen LogP contribution < -0.4 is 5.32 Å². The van der Waals surface area contributed by atoms with Crippen LogP contribution in [0.3, 0.4) is 0 Å². The summed E-state index contributed by atoms with van der Waals surface area (Å²) in [5.41, 5.74) is 0. The van der Waals surface area contributed by atoms with Gasteiger partial charge in [-0.05, 0) is 6.42 Å². The minimum atomic E-state index is -0.866. The zero-order valence-electron chi connectivity index (χ0n) is 8.17. The third-order valence-electron chi connectivity index (χ3n) is 1.74. The summed E-state index contributed by atoms with van der Waals surface area (Å²) in [5.74, 6) is -0.949. The number of aliphatic carboxylic acids is 1. The molecular formula is C9H17NO3. The summed E-state index contributed by atoms with van der Waals surface area (Å²) in [7, 11) is 0. The second-order valence-corrected chi connectivity index (χ2v) is 3.00. The molecule has 76 valence electrons. The van der Waals surface area contributed by atoms with Gasteiger partial charge in [0.15, 0.2) is 0 Å². The average Bonchev–Trinajstić information content (AvgIpc) is 2.03. The topological polar surface area (TPSA) is 66.4 Å². The standard InChI is InChI=1S/C9H17NO3/c1-3-5-7(6-9(12)13)10-8(11)4-2/h7H,3-6H2,1-2H3,(H,10,11)(H,12,13). The van der Waals surface area contributed by atoms with Gasteiger partial charge in [0.25, 0.3) is 0 Å². The zero-order valence-corrected chi connectivity index (χ0v) is 8.17. The number of carbonyl (C=O) groups excluding carboxylic acids is 1. The van der Waals surface area contributed by atoms with Gasteiger partial charge in [0.1, 0.15) is 0 Å².